The third-order valence-corrected chi connectivity index (χ3v) is 8.10. The molecule has 3 aromatic rings. The van der Waals surface area contributed by atoms with Crippen molar-refractivity contribution in [1.82, 2.24) is 4.98 Å². The maximum atomic E-state index is 15.2. The van der Waals surface area contributed by atoms with Gasteiger partial charge in [0.05, 0.1) is 29.4 Å². The lowest BCUT2D eigenvalue weighted by atomic mass is 9.79. The van der Waals surface area contributed by atoms with Gasteiger partial charge in [-0.05, 0) is 55.2 Å². The lowest BCUT2D eigenvalue weighted by molar-refractivity contribution is -0.152. The Morgan fingerprint density at radius 1 is 1.12 bits per heavy atom. The van der Waals surface area contributed by atoms with Crippen LogP contribution in [0.2, 0.25) is 10.0 Å². The molecule has 1 amide bonds. The molecule has 40 heavy (non-hydrogen) atoms. The molecular formula is C29H28Cl2FN3O5. The van der Waals surface area contributed by atoms with Gasteiger partial charge < -0.3 is 24.4 Å². The van der Waals surface area contributed by atoms with E-state index in [4.69, 9.17) is 32.7 Å². The van der Waals surface area contributed by atoms with Gasteiger partial charge in [0.25, 0.3) is 0 Å². The number of pyridine rings is 1. The average molecular weight is 588 g/mol. The van der Waals surface area contributed by atoms with Crippen LogP contribution in [0.3, 0.4) is 0 Å². The summed E-state index contributed by atoms with van der Waals surface area (Å²) in [5.41, 5.74) is 0.402. The number of hydrogen-bond acceptors (Lipinski definition) is 6. The molecular weight excluding hydrogens is 560 g/mol. The number of rotatable bonds is 8. The number of carbonyl (C=O) groups excluding carboxylic acids is 1. The predicted molar refractivity (Wildman–Crippen MR) is 150 cm³/mol. The fourth-order valence-electron chi connectivity index (χ4n) is 5.25. The van der Waals surface area contributed by atoms with Gasteiger partial charge >= 0.3 is 5.97 Å². The zero-order chi connectivity index (χ0) is 28.4. The number of amides is 1. The van der Waals surface area contributed by atoms with Crippen molar-refractivity contribution in [3.8, 4) is 11.5 Å². The van der Waals surface area contributed by atoms with Gasteiger partial charge in [0.1, 0.15) is 35.2 Å². The van der Waals surface area contributed by atoms with E-state index in [1.807, 2.05) is 17.0 Å². The van der Waals surface area contributed by atoms with Crippen LogP contribution < -0.4 is 19.3 Å². The van der Waals surface area contributed by atoms with Gasteiger partial charge in [-0.1, -0.05) is 35.3 Å². The second-order valence-corrected chi connectivity index (χ2v) is 10.9. The number of halogens is 3. The Kier molecular flexibility index (Phi) is 8.05. The second kappa shape index (κ2) is 11.5. The van der Waals surface area contributed by atoms with E-state index in [0.717, 1.165) is 5.56 Å². The maximum absolute atomic E-state index is 15.2. The molecule has 5 rings (SSSR count). The van der Waals surface area contributed by atoms with E-state index < -0.39 is 17.2 Å². The van der Waals surface area contributed by atoms with Crippen molar-refractivity contribution in [2.24, 2.45) is 5.41 Å². The lowest BCUT2D eigenvalue weighted by Crippen LogP contribution is -2.48. The molecule has 0 unspecified atom stereocenters. The van der Waals surface area contributed by atoms with Crippen molar-refractivity contribution in [2.75, 3.05) is 36.6 Å². The van der Waals surface area contributed by atoms with Crippen molar-refractivity contribution in [1.29, 1.82) is 0 Å². The molecule has 1 fully saturated rings. The number of hydrogen-bond donors (Lipinski definition) is 1. The van der Waals surface area contributed by atoms with Crippen LogP contribution in [-0.2, 0) is 22.6 Å². The highest BCUT2D eigenvalue weighted by Crippen LogP contribution is 2.41. The van der Waals surface area contributed by atoms with Crippen LogP contribution in [-0.4, -0.2) is 48.8 Å². The van der Waals surface area contributed by atoms with Gasteiger partial charge in [0.2, 0.25) is 5.91 Å². The Hall–Kier alpha value is -3.56. The largest absolute Gasteiger partial charge is 0.497 e. The molecule has 0 aliphatic carbocycles. The summed E-state index contributed by atoms with van der Waals surface area (Å²) in [6.07, 6.45) is 2.60. The summed E-state index contributed by atoms with van der Waals surface area (Å²) >= 11 is 12.3. The van der Waals surface area contributed by atoms with Crippen LogP contribution in [0.4, 0.5) is 15.9 Å². The molecule has 3 heterocycles. The smallest absolute Gasteiger partial charge is 0.313 e. The Morgan fingerprint density at radius 2 is 1.85 bits per heavy atom. The second-order valence-electron chi connectivity index (χ2n) is 10.0. The summed E-state index contributed by atoms with van der Waals surface area (Å²) in [5, 5.41) is 11.0. The van der Waals surface area contributed by atoms with Crippen LogP contribution >= 0.6 is 23.2 Å². The van der Waals surface area contributed by atoms with E-state index in [2.05, 4.69) is 4.98 Å². The summed E-state index contributed by atoms with van der Waals surface area (Å²) in [6, 6.07) is 11.6. The number of aliphatic carboxylic acids is 1. The number of carboxylic acid groups (broad SMARTS) is 1. The molecule has 8 nitrogen and oxygen atoms in total. The minimum Gasteiger partial charge on any atom is -0.497 e. The summed E-state index contributed by atoms with van der Waals surface area (Å²) in [7, 11) is 1.57. The van der Waals surface area contributed by atoms with Gasteiger partial charge in [-0.2, -0.15) is 0 Å². The maximum Gasteiger partial charge on any atom is 0.313 e. The third-order valence-electron chi connectivity index (χ3n) is 7.62. The fourth-order valence-corrected chi connectivity index (χ4v) is 5.75. The zero-order valence-electron chi connectivity index (χ0n) is 21.8. The number of anilines is 2. The van der Waals surface area contributed by atoms with Crippen molar-refractivity contribution in [2.45, 2.75) is 32.2 Å². The lowest BCUT2D eigenvalue weighted by Gasteiger charge is -2.39. The number of benzene rings is 2. The number of ether oxygens (including phenoxy) is 2. The first-order valence-electron chi connectivity index (χ1n) is 12.9. The summed E-state index contributed by atoms with van der Waals surface area (Å²) in [4.78, 5) is 33.0. The van der Waals surface area contributed by atoms with Crippen LogP contribution in [0.5, 0.6) is 11.5 Å². The molecule has 210 valence electrons. The first-order valence-corrected chi connectivity index (χ1v) is 13.6. The Bertz CT molecular complexity index is 1430. The van der Waals surface area contributed by atoms with E-state index in [1.54, 1.807) is 25.3 Å². The minimum atomic E-state index is -1.15. The van der Waals surface area contributed by atoms with Gasteiger partial charge in [-0.15, -0.1) is 0 Å². The highest BCUT2D eigenvalue weighted by molar-refractivity contribution is 6.36. The van der Waals surface area contributed by atoms with Crippen molar-refractivity contribution >= 4 is 46.6 Å². The van der Waals surface area contributed by atoms with Crippen molar-refractivity contribution < 1.29 is 28.6 Å². The van der Waals surface area contributed by atoms with Crippen molar-refractivity contribution in [3.63, 3.8) is 0 Å². The van der Waals surface area contributed by atoms with Crippen LogP contribution in [0.15, 0.2) is 48.7 Å². The molecule has 0 atom stereocenters. The third kappa shape index (κ3) is 5.53. The number of carboxylic acids is 1. The Balaban J connectivity index is 1.34. The average Bonchev–Trinajstić information content (AvgIpc) is 2.95. The van der Waals surface area contributed by atoms with Crippen LogP contribution in [0.1, 0.15) is 30.4 Å². The SMILES string of the molecule is COc1ccc(CN2C(=O)CCc3c(OCC4(C(=O)O)CCN(c5ncc(Cl)cc5Cl)CC4)ccc(F)c32)cc1. The van der Waals surface area contributed by atoms with E-state index in [9.17, 15) is 14.7 Å². The van der Waals surface area contributed by atoms with E-state index >= 15 is 4.39 Å². The molecule has 2 aromatic carbocycles. The normalized spacial score (nSPS) is 16.4. The van der Waals surface area contributed by atoms with Gasteiger partial charge in [-0.3, -0.25) is 9.59 Å². The molecule has 0 radical (unpaired) electrons. The number of aromatic nitrogens is 1. The molecule has 0 saturated carbocycles. The molecule has 0 spiro atoms. The monoisotopic (exact) mass is 587 g/mol. The number of fused-ring (bicyclic) bond motifs is 1. The molecule has 2 aliphatic rings. The number of carbonyl (C=O) groups is 2. The van der Waals surface area contributed by atoms with Crippen molar-refractivity contribution in [3.05, 3.63) is 75.7 Å². The summed E-state index contributed by atoms with van der Waals surface area (Å²) in [6.45, 7) is 0.917. The Labute approximate surface area is 241 Å². The molecule has 1 saturated heterocycles. The van der Waals surface area contributed by atoms with Gasteiger partial charge in [0.15, 0.2) is 0 Å². The number of piperidine rings is 1. The van der Waals surface area contributed by atoms with Gasteiger partial charge in [-0.25, -0.2) is 9.37 Å². The predicted octanol–water partition coefficient (Wildman–Crippen LogP) is 5.77. The van der Waals surface area contributed by atoms with Crippen LogP contribution in [0, 0.1) is 11.2 Å². The van der Waals surface area contributed by atoms with E-state index in [1.165, 1.54) is 23.2 Å². The Morgan fingerprint density at radius 3 is 2.50 bits per heavy atom. The van der Waals surface area contributed by atoms with Crippen LogP contribution in [0.25, 0.3) is 0 Å². The molecule has 11 heteroatoms. The first kappa shape index (κ1) is 28.0. The standard InChI is InChI=1S/C29H28Cl2FN3O5/c1-39-20-4-2-18(3-5-20)16-35-25(36)9-6-21-24(8-7-23(32)26(21)35)40-17-29(28(37)38)10-12-34(13-11-29)27-22(31)14-19(30)15-33-27/h2-5,7-8,14-15H,6,9-13,16-17H2,1H3,(H,37,38). The zero-order valence-corrected chi connectivity index (χ0v) is 23.3. The number of methoxy groups -OCH3 is 1. The quantitative estimate of drug-likeness (QED) is 0.358. The highest BCUT2D eigenvalue weighted by atomic mass is 35.5. The molecule has 2 aliphatic heterocycles. The number of nitrogens with zero attached hydrogens (tertiary/aromatic N) is 3. The molecule has 0 bridgehead atoms. The highest BCUT2D eigenvalue weighted by Gasteiger charge is 2.43. The topological polar surface area (TPSA) is 92.2 Å². The molecule has 1 aromatic heterocycles. The van der Waals surface area contributed by atoms with E-state index in [0.29, 0.717) is 65.3 Å². The summed E-state index contributed by atoms with van der Waals surface area (Å²) in [5.74, 6) is -0.0636. The van der Waals surface area contributed by atoms with Gasteiger partial charge in [0, 0.05) is 31.3 Å². The first-order chi connectivity index (χ1) is 19.2. The fraction of sp³-hybridized carbons (Fsp3) is 0.345. The van der Waals surface area contributed by atoms with E-state index in [-0.39, 0.29) is 31.2 Å². The minimum absolute atomic E-state index is 0.0948. The molecule has 1 N–H and O–H groups in total. The summed E-state index contributed by atoms with van der Waals surface area (Å²) < 4.78 is 26.5.